The molecule has 3 nitrogen and oxygen atoms in total. The first-order chi connectivity index (χ1) is 5.66. The first-order valence-electron chi connectivity index (χ1n) is 3.15. The Labute approximate surface area is 74.1 Å². The number of halogens is 1. The molecule has 0 heterocycles. The van der Waals surface area contributed by atoms with Gasteiger partial charge in [-0.05, 0) is 12.1 Å². The lowest BCUT2D eigenvalue weighted by atomic mass is 10.2. The Morgan fingerprint density at radius 2 is 2.25 bits per heavy atom. The average molecular weight is 186 g/mol. The lowest BCUT2D eigenvalue weighted by Crippen LogP contribution is -2.31. The zero-order valence-electron chi connectivity index (χ0n) is 6.04. The highest BCUT2D eigenvalue weighted by molar-refractivity contribution is 7.80. The molecule has 0 fully saturated rings. The van der Waals surface area contributed by atoms with Crippen LogP contribution in [0.5, 0.6) is 0 Å². The van der Waals surface area contributed by atoms with E-state index in [1.807, 2.05) is 5.43 Å². The van der Waals surface area contributed by atoms with E-state index in [9.17, 15) is 9.18 Å². The van der Waals surface area contributed by atoms with E-state index < -0.39 is 11.7 Å². The fourth-order valence-electron chi connectivity index (χ4n) is 0.810. The normalized spacial score (nSPS) is 9.58. The maximum absolute atomic E-state index is 12.9. The highest BCUT2D eigenvalue weighted by Gasteiger charge is 2.12. The van der Waals surface area contributed by atoms with Gasteiger partial charge in [0, 0.05) is 4.90 Å². The highest BCUT2D eigenvalue weighted by atomic mass is 32.1. The van der Waals surface area contributed by atoms with Gasteiger partial charge in [0.2, 0.25) is 0 Å². The number of hydrogen-bond acceptors (Lipinski definition) is 3. The minimum absolute atomic E-state index is 0.136. The SMILES string of the molecule is NNC(=O)c1c(F)cccc1S. The van der Waals surface area contributed by atoms with E-state index >= 15 is 0 Å². The molecule has 0 bridgehead atoms. The number of carbonyl (C=O) groups excluding carboxylic acids is 1. The number of carbonyl (C=O) groups is 1. The van der Waals surface area contributed by atoms with Crippen molar-refractivity contribution in [1.29, 1.82) is 0 Å². The van der Waals surface area contributed by atoms with Gasteiger partial charge in [-0.15, -0.1) is 12.6 Å². The second-order valence-corrected chi connectivity index (χ2v) is 2.59. The zero-order valence-corrected chi connectivity index (χ0v) is 6.94. The molecule has 0 aliphatic heterocycles. The summed E-state index contributed by atoms with van der Waals surface area (Å²) in [4.78, 5) is 11.2. The molecular formula is C7H7FN2OS. The van der Waals surface area contributed by atoms with Gasteiger partial charge in [-0.25, -0.2) is 10.2 Å². The molecule has 0 aromatic heterocycles. The fourth-order valence-corrected chi connectivity index (χ4v) is 1.10. The molecule has 3 N–H and O–H groups in total. The van der Waals surface area contributed by atoms with Crippen LogP contribution < -0.4 is 11.3 Å². The number of amides is 1. The Morgan fingerprint density at radius 1 is 1.58 bits per heavy atom. The molecule has 0 saturated carbocycles. The number of nitrogen functional groups attached to an aromatic ring is 1. The van der Waals surface area contributed by atoms with Gasteiger partial charge in [-0.1, -0.05) is 6.07 Å². The first kappa shape index (κ1) is 9.02. The number of rotatable bonds is 1. The largest absolute Gasteiger partial charge is 0.290 e. The summed E-state index contributed by atoms with van der Waals surface area (Å²) in [6.07, 6.45) is 0. The molecule has 12 heavy (non-hydrogen) atoms. The Balaban J connectivity index is 3.21. The van der Waals surface area contributed by atoms with Gasteiger partial charge < -0.3 is 0 Å². The van der Waals surface area contributed by atoms with Crippen molar-refractivity contribution in [3.8, 4) is 0 Å². The van der Waals surface area contributed by atoms with Crippen LogP contribution in [0.15, 0.2) is 23.1 Å². The minimum atomic E-state index is -0.682. The predicted octanol–water partition coefficient (Wildman–Crippen LogP) is 0.718. The van der Waals surface area contributed by atoms with Crippen LogP contribution in [0.25, 0.3) is 0 Å². The molecule has 1 rings (SSSR count). The molecular weight excluding hydrogens is 179 g/mol. The summed E-state index contributed by atoms with van der Waals surface area (Å²) in [6.45, 7) is 0. The molecule has 1 aromatic carbocycles. The molecule has 0 unspecified atom stereocenters. The van der Waals surface area contributed by atoms with Gasteiger partial charge in [-0.2, -0.15) is 0 Å². The second kappa shape index (κ2) is 3.55. The minimum Gasteiger partial charge on any atom is -0.290 e. The lowest BCUT2D eigenvalue weighted by Gasteiger charge is -2.03. The van der Waals surface area contributed by atoms with Crippen LogP contribution in [0, 0.1) is 5.82 Å². The molecule has 0 saturated heterocycles. The number of nitrogens with one attached hydrogen (secondary N) is 1. The fraction of sp³-hybridized carbons (Fsp3) is 0. The third-order valence-electron chi connectivity index (χ3n) is 1.35. The van der Waals surface area contributed by atoms with Crippen molar-refractivity contribution in [2.75, 3.05) is 0 Å². The van der Waals surface area contributed by atoms with Crippen LogP contribution in [-0.4, -0.2) is 5.91 Å². The maximum atomic E-state index is 12.9. The van der Waals surface area contributed by atoms with Gasteiger partial charge in [0.1, 0.15) is 5.82 Å². The third-order valence-corrected chi connectivity index (χ3v) is 1.72. The van der Waals surface area contributed by atoms with E-state index in [2.05, 4.69) is 12.6 Å². The Morgan fingerprint density at radius 3 is 2.75 bits per heavy atom. The van der Waals surface area contributed by atoms with Gasteiger partial charge >= 0.3 is 0 Å². The molecule has 0 aliphatic rings. The van der Waals surface area contributed by atoms with Crippen LogP contribution in [-0.2, 0) is 0 Å². The lowest BCUT2D eigenvalue weighted by molar-refractivity contribution is 0.0946. The van der Waals surface area contributed by atoms with Crippen LogP contribution in [0.4, 0.5) is 4.39 Å². The Bertz CT molecular complexity index is 296. The monoisotopic (exact) mass is 186 g/mol. The second-order valence-electron chi connectivity index (χ2n) is 2.11. The summed E-state index contributed by atoms with van der Waals surface area (Å²) in [6, 6.07) is 4.14. The third kappa shape index (κ3) is 1.57. The number of benzene rings is 1. The van der Waals surface area contributed by atoms with Gasteiger partial charge in [0.25, 0.3) is 5.91 Å². The highest BCUT2D eigenvalue weighted by Crippen LogP contribution is 2.16. The summed E-state index contributed by atoms with van der Waals surface area (Å²) < 4.78 is 12.9. The van der Waals surface area contributed by atoms with Crippen molar-refractivity contribution in [3.63, 3.8) is 0 Å². The summed E-state index contributed by atoms with van der Waals surface area (Å²) in [5, 5.41) is 0. The molecule has 1 amide bonds. The van der Waals surface area contributed by atoms with Crippen LogP contribution in [0.2, 0.25) is 0 Å². The van der Waals surface area contributed by atoms with E-state index in [4.69, 9.17) is 5.84 Å². The Hall–Kier alpha value is -1.07. The molecule has 0 atom stereocenters. The molecule has 0 aliphatic carbocycles. The van der Waals surface area contributed by atoms with Gasteiger partial charge in [-0.3, -0.25) is 10.2 Å². The molecule has 5 heteroatoms. The number of thiol groups is 1. The van der Waals surface area contributed by atoms with Crippen LogP contribution >= 0.6 is 12.6 Å². The van der Waals surface area contributed by atoms with Crippen molar-refractivity contribution in [3.05, 3.63) is 29.6 Å². The predicted molar refractivity (Wildman–Crippen MR) is 45.3 cm³/mol. The number of hydrazine groups is 1. The van der Waals surface area contributed by atoms with Crippen molar-refractivity contribution in [1.82, 2.24) is 5.43 Å². The van der Waals surface area contributed by atoms with E-state index in [1.165, 1.54) is 18.2 Å². The smallest absolute Gasteiger partial charge is 0.269 e. The Kier molecular flexibility index (Phi) is 2.67. The molecule has 0 spiro atoms. The van der Waals surface area contributed by atoms with E-state index in [0.29, 0.717) is 0 Å². The van der Waals surface area contributed by atoms with E-state index in [0.717, 1.165) is 0 Å². The summed E-state index contributed by atoms with van der Waals surface area (Å²) in [7, 11) is 0. The number of nitrogens with two attached hydrogens (primary N) is 1. The van der Waals surface area contributed by atoms with Crippen LogP contribution in [0.1, 0.15) is 10.4 Å². The molecule has 64 valence electrons. The zero-order chi connectivity index (χ0) is 9.14. The standard InChI is InChI=1S/C7H7FN2OS/c8-4-2-1-3-5(12)6(4)7(11)10-9/h1-3,12H,9H2,(H,10,11). The maximum Gasteiger partial charge on any atom is 0.269 e. The summed E-state index contributed by atoms with van der Waals surface area (Å²) in [5.74, 6) is 3.53. The van der Waals surface area contributed by atoms with Crippen LogP contribution in [0.3, 0.4) is 0 Å². The molecule has 1 aromatic rings. The van der Waals surface area contributed by atoms with Crippen molar-refractivity contribution < 1.29 is 9.18 Å². The van der Waals surface area contributed by atoms with E-state index in [-0.39, 0.29) is 10.5 Å². The van der Waals surface area contributed by atoms with E-state index in [1.54, 1.807) is 0 Å². The first-order valence-corrected chi connectivity index (χ1v) is 3.60. The van der Waals surface area contributed by atoms with Gasteiger partial charge in [0.15, 0.2) is 0 Å². The average Bonchev–Trinajstić information content (AvgIpc) is 2.03. The van der Waals surface area contributed by atoms with Gasteiger partial charge in [0.05, 0.1) is 5.56 Å². The van der Waals surface area contributed by atoms with Crippen molar-refractivity contribution >= 4 is 18.5 Å². The molecule has 0 radical (unpaired) electrons. The summed E-state index contributed by atoms with van der Waals surface area (Å²) in [5.41, 5.74) is 1.70. The number of hydrogen-bond donors (Lipinski definition) is 3. The van der Waals surface area contributed by atoms with Crippen molar-refractivity contribution in [2.45, 2.75) is 4.90 Å². The quantitative estimate of drug-likeness (QED) is 0.262. The summed E-state index contributed by atoms with van der Waals surface area (Å²) >= 11 is 3.90. The van der Waals surface area contributed by atoms with Crippen molar-refractivity contribution in [2.24, 2.45) is 5.84 Å². The topological polar surface area (TPSA) is 55.1 Å².